The molecule has 1 saturated heterocycles. The number of pyridine rings is 1. The van der Waals surface area contributed by atoms with Crippen molar-refractivity contribution in [3.05, 3.63) is 58.7 Å². The van der Waals surface area contributed by atoms with Crippen molar-refractivity contribution >= 4 is 23.7 Å². The molecule has 1 aromatic carbocycles. The number of carbonyl (C=O) groups excluding carboxylic acids is 2. The second-order valence-electron chi connectivity index (χ2n) is 10.6. The Morgan fingerprint density at radius 3 is 2.55 bits per heavy atom. The van der Waals surface area contributed by atoms with E-state index < -0.39 is 17.5 Å². The molecule has 0 atom stereocenters. The fraction of sp³-hybridized carbons (Fsp3) is 0.481. The van der Waals surface area contributed by atoms with Crippen molar-refractivity contribution in [2.24, 2.45) is 0 Å². The van der Waals surface area contributed by atoms with Crippen LogP contribution in [0.25, 0.3) is 5.65 Å². The van der Waals surface area contributed by atoms with Crippen LogP contribution in [0.4, 0.5) is 19.8 Å². The Labute approximate surface area is 220 Å². The number of fused-ring (bicyclic) bond motifs is 4. The van der Waals surface area contributed by atoms with Crippen LogP contribution in [0.15, 0.2) is 30.6 Å². The number of carbonyl (C=O) groups is 2. The van der Waals surface area contributed by atoms with Gasteiger partial charge in [-0.2, -0.15) is 0 Å². The highest BCUT2D eigenvalue weighted by atomic mass is 19.1. The van der Waals surface area contributed by atoms with Crippen molar-refractivity contribution in [3.8, 4) is 0 Å². The molecule has 2 aromatic heterocycles. The SMILES string of the molecule is COC(=O)N1CCC(c2cc3c(n4cnnc24)N(C(=O)OC(C)(C)C)Cc2c(F)cccc2COC3)CC1. The number of rotatable bonds is 1. The van der Waals surface area contributed by atoms with Gasteiger partial charge in [0.25, 0.3) is 0 Å². The summed E-state index contributed by atoms with van der Waals surface area (Å²) in [6, 6.07) is 6.82. The van der Waals surface area contributed by atoms with Gasteiger partial charge in [-0.15, -0.1) is 10.2 Å². The lowest BCUT2D eigenvalue weighted by molar-refractivity contribution is 0.0575. The van der Waals surface area contributed by atoms with E-state index in [1.54, 1.807) is 48.5 Å². The highest BCUT2D eigenvalue weighted by Gasteiger charge is 2.33. The summed E-state index contributed by atoms with van der Waals surface area (Å²) < 4.78 is 33.5. The van der Waals surface area contributed by atoms with Crippen LogP contribution in [0.1, 0.15) is 61.8 Å². The summed E-state index contributed by atoms with van der Waals surface area (Å²) in [6.07, 6.45) is 2.06. The van der Waals surface area contributed by atoms with Crippen molar-refractivity contribution in [2.45, 2.75) is 64.9 Å². The van der Waals surface area contributed by atoms with Gasteiger partial charge in [0.05, 0.1) is 26.9 Å². The molecule has 10 nitrogen and oxygen atoms in total. The van der Waals surface area contributed by atoms with Crippen molar-refractivity contribution in [1.82, 2.24) is 19.5 Å². The van der Waals surface area contributed by atoms with E-state index in [9.17, 15) is 9.59 Å². The number of hydrogen-bond acceptors (Lipinski definition) is 7. The molecule has 0 saturated carbocycles. The molecule has 2 aliphatic heterocycles. The Morgan fingerprint density at radius 1 is 1.11 bits per heavy atom. The van der Waals surface area contributed by atoms with Gasteiger partial charge in [0.2, 0.25) is 0 Å². The number of nitrogens with zero attached hydrogens (tertiary/aromatic N) is 5. The topological polar surface area (TPSA) is 98.5 Å². The zero-order valence-corrected chi connectivity index (χ0v) is 22.1. The average Bonchev–Trinajstić information content (AvgIpc) is 3.38. The van der Waals surface area contributed by atoms with Crippen molar-refractivity contribution < 1.29 is 28.2 Å². The minimum Gasteiger partial charge on any atom is -0.453 e. The Morgan fingerprint density at radius 2 is 1.84 bits per heavy atom. The van der Waals surface area contributed by atoms with Crippen LogP contribution in [0.5, 0.6) is 0 Å². The van der Waals surface area contributed by atoms with Gasteiger partial charge in [-0.3, -0.25) is 9.30 Å². The van der Waals surface area contributed by atoms with E-state index in [-0.39, 0.29) is 31.8 Å². The van der Waals surface area contributed by atoms with Crippen molar-refractivity contribution in [1.29, 1.82) is 0 Å². The summed E-state index contributed by atoms with van der Waals surface area (Å²) in [7, 11) is 1.38. The van der Waals surface area contributed by atoms with E-state index in [2.05, 4.69) is 10.2 Å². The number of benzene rings is 1. The molecule has 0 aliphatic carbocycles. The number of ether oxygens (including phenoxy) is 3. The Kier molecular flexibility index (Phi) is 6.95. The number of hydrogen-bond donors (Lipinski definition) is 0. The molecule has 1 fully saturated rings. The molecule has 3 aromatic rings. The Balaban J connectivity index is 1.61. The molecule has 2 amide bonds. The van der Waals surface area contributed by atoms with Crippen LogP contribution in [-0.2, 0) is 34.0 Å². The van der Waals surface area contributed by atoms with Crippen LogP contribution >= 0.6 is 0 Å². The lowest BCUT2D eigenvalue weighted by atomic mass is 9.89. The molecule has 0 unspecified atom stereocenters. The predicted octanol–water partition coefficient (Wildman–Crippen LogP) is 4.79. The molecule has 0 spiro atoms. The normalized spacial score (nSPS) is 16.8. The molecule has 4 heterocycles. The second kappa shape index (κ2) is 10.2. The van der Waals surface area contributed by atoms with Crippen LogP contribution in [0.2, 0.25) is 0 Å². The van der Waals surface area contributed by atoms with Crippen LogP contribution in [-0.4, -0.2) is 57.5 Å². The van der Waals surface area contributed by atoms with Crippen LogP contribution in [0.3, 0.4) is 0 Å². The van der Waals surface area contributed by atoms with Crippen LogP contribution < -0.4 is 4.90 Å². The van der Waals surface area contributed by atoms with Gasteiger partial charge in [-0.05, 0) is 57.2 Å². The summed E-state index contributed by atoms with van der Waals surface area (Å²) in [5.41, 5.74) is 2.57. The molecule has 0 N–H and O–H groups in total. The zero-order valence-electron chi connectivity index (χ0n) is 22.1. The van der Waals surface area contributed by atoms with E-state index in [4.69, 9.17) is 14.2 Å². The number of piperidine rings is 1. The first-order chi connectivity index (χ1) is 18.2. The monoisotopic (exact) mass is 525 g/mol. The number of amides is 2. The third-order valence-electron chi connectivity index (χ3n) is 6.94. The number of likely N-dealkylation sites (tertiary alicyclic amines) is 1. The molecule has 2 aliphatic rings. The van der Waals surface area contributed by atoms with Gasteiger partial charge < -0.3 is 19.1 Å². The summed E-state index contributed by atoms with van der Waals surface area (Å²) in [5.74, 6) is 0.174. The lowest BCUT2D eigenvalue weighted by Crippen LogP contribution is -2.39. The molecule has 11 heteroatoms. The standard InChI is InChI=1S/C27H32FN5O5/c1-27(2,3)38-26(35)32-13-21-18(6-5-7-22(21)28)14-37-15-19-12-20(23-30-29-16-33(23)24(19)32)17-8-10-31(11-9-17)25(34)36-4/h5-7,12,16-17H,8-11,13-15H2,1-4H3. The van der Waals surface area contributed by atoms with E-state index in [0.29, 0.717) is 35.7 Å². The molecule has 38 heavy (non-hydrogen) atoms. The third kappa shape index (κ3) is 5.02. The van der Waals surface area contributed by atoms with Gasteiger partial charge in [-0.1, -0.05) is 12.1 Å². The number of methoxy groups -OCH3 is 1. The fourth-order valence-electron chi connectivity index (χ4n) is 5.16. The quantitative estimate of drug-likeness (QED) is 0.451. The maximum absolute atomic E-state index is 15.0. The van der Waals surface area contributed by atoms with Crippen LogP contribution in [0, 0.1) is 5.82 Å². The smallest absolute Gasteiger partial charge is 0.416 e. The predicted molar refractivity (Wildman–Crippen MR) is 136 cm³/mol. The molecule has 202 valence electrons. The van der Waals surface area contributed by atoms with E-state index in [1.165, 1.54) is 18.1 Å². The van der Waals surface area contributed by atoms with Gasteiger partial charge in [0.1, 0.15) is 23.6 Å². The highest BCUT2D eigenvalue weighted by molar-refractivity contribution is 5.88. The summed E-state index contributed by atoms with van der Waals surface area (Å²) in [4.78, 5) is 28.7. The largest absolute Gasteiger partial charge is 0.453 e. The molecular weight excluding hydrogens is 493 g/mol. The van der Waals surface area contributed by atoms with Gasteiger partial charge in [0.15, 0.2) is 5.65 Å². The summed E-state index contributed by atoms with van der Waals surface area (Å²) in [6.45, 7) is 6.83. The van der Waals surface area contributed by atoms with E-state index in [1.807, 2.05) is 6.07 Å². The van der Waals surface area contributed by atoms with Crippen molar-refractivity contribution in [2.75, 3.05) is 25.1 Å². The first-order valence-corrected chi connectivity index (χ1v) is 12.7. The van der Waals surface area contributed by atoms with E-state index in [0.717, 1.165) is 24.0 Å². The Bertz CT molecular complexity index is 1360. The fourth-order valence-corrected chi connectivity index (χ4v) is 5.16. The van der Waals surface area contributed by atoms with Gasteiger partial charge >= 0.3 is 12.2 Å². The molecular formula is C27H32FN5O5. The highest BCUT2D eigenvalue weighted by Crippen LogP contribution is 2.37. The molecule has 0 radical (unpaired) electrons. The number of halogens is 1. The van der Waals surface area contributed by atoms with Crippen molar-refractivity contribution in [3.63, 3.8) is 0 Å². The Hall–Kier alpha value is -3.73. The van der Waals surface area contributed by atoms with Gasteiger partial charge in [-0.25, -0.2) is 14.0 Å². The minimum absolute atomic E-state index is 0.0442. The van der Waals surface area contributed by atoms with Gasteiger partial charge in [0, 0.05) is 29.8 Å². The first kappa shape index (κ1) is 25.9. The zero-order chi connectivity index (χ0) is 27.0. The lowest BCUT2D eigenvalue weighted by Gasteiger charge is -2.32. The summed E-state index contributed by atoms with van der Waals surface area (Å²) in [5, 5.41) is 8.56. The maximum atomic E-state index is 15.0. The second-order valence-corrected chi connectivity index (χ2v) is 10.6. The molecule has 5 rings (SSSR count). The molecule has 0 bridgehead atoms. The third-order valence-corrected chi connectivity index (χ3v) is 6.94. The van der Waals surface area contributed by atoms with E-state index >= 15 is 4.39 Å². The number of aromatic nitrogens is 3. The first-order valence-electron chi connectivity index (χ1n) is 12.7. The number of anilines is 1. The average molecular weight is 526 g/mol. The maximum Gasteiger partial charge on any atom is 0.416 e. The minimum atomic E-state index is -0.760. The summed E-state index contributed by atoms with van der Waals surface area (Å²) >= 11 is 0.